The zero-order valence-corrected chi connectivity index (χ0v) is 12.3. The van der Waals surface area contributed by atoms with E-state index in [0.29, 0.717) is 12.3 Å². The number of anilines is 1. The fourth-order valence-electron chi connectivity index (χ4n) is 2.42. The molecule has 1 aliphatic rings. The van der Waals surface area contributed by atoms with Crippen LogP contribution >= 0.6 is 0 Å². The summed E-state index contributed by atoms with van der Waals surface area (Å²) >= 11 is 0. The number of aromatic amines is 1. The molecule has 1 amide bonds. The van der Waals surface area contributed by atoms with Crippen LogP contribution in [0.4, 0.5) is 5.69 Å². The number of rotatable bonds is 3. The van der Waals surface area contributed by atoms with Crippen molar-refractivity contribution in [3.63, 3.8) is 0 Å². The molecule has 0 spiro atoms. The van der Waals surface area contributed by atoms with Gasteiger partial charge in [0.1, 0.15) is 6.10 Å². The van der Waals surface area contributed by atoms with E-state index in [0.717, 1.165) is 29.7 Å². The number of hydrogen-bond donors (Lipinski definition) is 2. The summed E-state index contributed by atoms with van der Waals surface area (Å²) < 4.78 is 5.39. The average molecular weight is 299 g/mol. The van der Waals surface area contributed by atoms with Gasteiger partial charge in [-0.3, -0.25) is 9.59 Å². The molecule has 1 unspecified atom stereocenters. The monoisotopic (exact) mass is 299 g/mol. The Hall–Kier alpha value is -2.47. The van der Waals surface area contributed by atoms with Gasteiger partial charge < -0.3 is 10.1 Å². The fourth-order valence-corrected chi connectivity index (χ4v) is 2.42. The first kappa shape index (κ1) is 14.5. The van der Waals surface area contributed by atoms with Crippen LogP contribution in [0.1, 0.15) is 18.4 Å². The highest BCUT2D eigenvalue weighted by atomic mass is 16.5. The normalized spacial score (nSPS) is 17.4. The molecule has 1 fully saturated rings. The van der Waals surface area contributed by atoms with Gasteiger partial charge in [0, 0.05) is 23.9 Å². The maximum atomic E-state index is 12.2. The number of nitrogens with one attached hydrogen (secondary N) is 2. The number of hydrogen-bond acceptors (Lipinski definition) is 4. The van der Waals surface area contributed by atoms with Gasteiger partial charge in [0.05, 0.1) is 5.69 Å². The summed E-state index contributed by atoms with van der Waals surface area (Å²) in [6, 6.07) is 8.73. The molecule has 1 aromatic heterocycles. The second-order valence-electron chi connectivity index (χ2n) is 5.33. The molecule has 22 heavy (non-hydrogen) atoms. The molecule has 114 valence electrons. The third kappa shape index (κ3) is 3.07. The van der Waals surface area contributed by atoms with Gasteiger partial charge in [-0.1, -0.05) is 12.1 Å². The quantitative estimate of drug-likeness (QED) is 0.906. The number of nitrogens with zero attached hydrogens (tertiary/aromatic N) is 1. The Labute approximate surface area is 127 Å². The minimum absolute atomic E-state index is 0.118. The molecule has 1 aromatic carbocycles. The van der Waals surface area contributed by atoms with Gasteiger partial charge in [-0.25, -0.2) is 5.10 Å². The molecule has 1 saturated heterocycles. The van der Waals surface area contributed by atoms with E-state index in [1.807, 2.05) is 25.1 Å². The van der Waals surface area contributed by atoms with Crippen molar-refractivity contribution in [3.05, 3.63) is 46.2 Å². The molecule has 0 saturated carbocycles. The van der Waals surface area contributed by atoms with Crippen molar-refractivity contribution in [3.8, 4) is 11.3 Å². The Kier molecular flexibility index (Phi) is 4.02. The highest BCUT2D eigenvalue weighted by Gasteiger charge is 2.23. The molecule has 0 aliphatic carbocycles. The third-order valence-electron chi connectivity index (χ3n) is 3.69. The van der Waals surface area contributed by atoms with Crippen molar-refractivity contribution in [2.24, 2.45) is 0 Å². The lowest BCUT2D eigenvalue weighted by molar-refractivity contribution is -0.124. The number of H-pyrrole nitrogens is 1. The molecule has 3 rings (SSSR count). The van der Waals surface area contributed by atoms with E-state index in [9.17, 15) is 9.59 Å². The van der Waals surface area contributed by atoms with Gasteiger partial charge in [-0.2, -0.15) is 5.10 Å². The zero-order valence-electron chi connectivity index (χ0n) is 12.3. The summed E-state index contributed by atoms with van der Waals surface area (Å²) in [5.41, 5.74) is 2.91. The predicted molar refractivity (Wildman–Crippen MR) is 82.6 cm³/mol. The van der Waals surface area contributed by atoms with Crippen LogP contribution in [0.3, 0.4) is 0 Å². The molecular formula is C16H17N3O3. The predicted octanol–water partition coefficient (Wildman–Crippen LogP) is 1.86. The van der Waals surface area contributed by atoms with Gasteiger partial charge >= 0.3 is 0 Å². The fraction of sp³-hybridized carbons (Fsp3) is 0.312. The highest BCUT2D eigenvalue weighted by molar-refractivity contribution is 5.95. The van der Waals surface area contributed by atoms with Crippen LogP contribution in [-0.2, 0) is 9.53 Å². The van der Waals surface area contributed by atoms with E-state index in [2.05, 4.69) is 15.5 Å². The summed E-state index contributed by atoms with van der Waals surface area (Å²) in [6.07, 6.45) is 1.30. The lowest BCUT2D eigenvalue weighted by Crippen LogP contribution is -2.27. The summed E-state index contributed by atoms with van der Waals surface area (Å²) in [7, 11) is 0. The Morgan fingerprint density at radius 2 is 2.23 bits per heavy atom. The van der Waals surface area contributed by atoms with Crippen LogP contribution in [0.2, 0.25) is 0 Å². The van der Waals surface area contributed by atoms with Crippen LogP contribution < -0.4 is 10.9 Å². The molecular weight excluding hydrogens is 282 g/mol. The number of amides is 1. The molecule has 6 heteroatoms. The zero-order chi connectivity index (χ0) is 15.5. The van der Waals surface area contributed by atoms with Crippen LogP contribution in [0.25, 0.3) is 11.3 Å². The Morgan fingerprint density at radius 1 is 1.36 bits per heavy atom. The molecule has 0 bridgehead atoms. The van der Waals surface area contributed by atoms with Crippen LogP contribution in [-0.4, -0.2) is 28.8 Å². The number of aromatic nitrogens is 2. The largest absolute Gasteiger partial charge is 0.368 e. The number of carbonyl (C=O) groups is 1. The summed E-state index contributed by atoms with van der Waals surface area (Å²) in [6.45, 7) is 2.56. The van der Waals surface area contributed by atoms with E-state index in [-0.39, 0.29) is 17.6 Å². The first-order valence-corrected chi connectivity index (χ1v) is 7.23. The van der Waals surface area contributed by atoms with E-state index in [4.69, 9.17) is 4.74 Å². The van der Waals surface area contributed by atoms with Crippen molar-refractivity contribution >= 4 is 11.6 Å². The average Bonchev–Trinajstić information content (AvgIpc) is 3.05. The van der Waals surface area contributed by atoms with Crippen molar-refractivity contribution in [2.75, 3.05) is 11.9 Å². The highest BCUT2D eigenvalue weighted by Crippen LogP contribution is 2.24. The smallest absolute Gasteiger partial charge is 0.264 e. The van der Waals surface area contributed by atoms with Crippen LogP contribution in [0.5, 0.6) is 0 Å². The number of benzene rings is 1. The van der Waals surface area contributed by atoms with Gasteiger partial charge in [0.15, 0.2) is 0 Å². The minimum atomic E-state index is -0.366. The lowest BCUT2D eigenvalue weighted by atomic mass is 10.1. The minimum Gasteiger partial charge on any atom is -0.368 e. The molecule has 1 atom stereocenters. The molecule has 1 aliphatic heterocycles. The van der Waals surface area contributed by atoms with Gasteiger partial charge in [-0.05, 0) is 37.5 Å². The topological polar surface area (TPSA) is 84.1 Å². The maximum absolute atomic E-state index is 12.2. The molecule has 2 N–H and O–H groups in total. The van der Waals surface area contributed by atoms with E-state index in [1.54, 1.807) is 6.07 Å². The van der Waals surface area contributed by atoms with Gasteiger partial charge in [-0.15, -0.1) is 0 Å². The Morgan fingerprint density at radius 3 is 2.91 bits per heavy atom. The SMILES string of the molecule is Cc1ccc(-c2ccc(=O)[nH]n2)cc1NC(=O)C1CCCO1. The molecule has 2 heterocycles. The van der Waals surface area contributed by atoms with E-state index >= 15 is 0 Å². The van der Waals surface area contributed by atoms with Gasteiger partial charge in [0.2, 0.25) is 0 Å². The summed E-state index contributed by atoms with van der Waals surface area (Å²) in [4.78, 5) is 23.2. The number of ether oxygens (including phenoxy) is 1. The lowest BCUT2D eigenvalue weighted by Gasteiger charge is -2.13. The van der Waals surface area contributed by atoms with Crippen molar-refractivity contribution in [1.82, 2.24) is 10.2 Å². The van der Waals surface area contributed by atoms with Crippen LogP contribution in [0.15, 0.2) is 35.1 Å². The molecule has 6 nitrogen and oxygen atoms in total. The Balaban J connectivity index is 1.84. The number of aryl methyl sites for hydroxylation is 1. The van der Waals surface area contributed by atoms with Crippen LogP contribution in [0, 0.1) is 6.92 Å². The van der Waals surface area contributed by atoms with Crippen molar-refractivity contribution in [2.45, 2.75) is 25.9 Å². The summed E-state index contributed by atoms with van der Waals surface area (Å²) in [5.74, 6) is -0.118. The third-order valence-corrected chi connectivity index (χ3v) is 3.69. The van der Waals surface area contributed by atoms with Crippen molar-refractivity contribution < 1.29 is 9.53 Å². The van der Waals surface area contributed by atoms with Gasteiger partial charge in [0.25, 0.3) is 11.5 Å². The second kappa shape index (κ2) is 6.11. The second-order valence-corrected chi connectivity index (χ2v) is 5.33. The number of carbonyl (C=O) groups excluding carboxylic acids is 1. The molecule has 0 radical (unpaired) electrons. The van der Waals surface area contributed by atoms with E-state index in [1.165, 1.54) is 6.07 Å². The Bertz CT molecular complexity index is 728. The van der Waals surface area contributed by atoms with Crippen molar-refractivity contribution in [1.29, 1.82) is 0 Å². The maximum Gasteiger partial charge on any atom is 0.264 e. The van der Waals surface area contributed by atoms with E-state index < -0.39 is 0 Å². The standard InChI is InChI=1S/C16H17N3O3/c1-10-4-5-11(12-6-7-15(20)19-18-12)9-13(10)17-16(21)14-3-2-8-22-14/h4-7,9,14H,2-3,8H2,1H3,(H,17,21)(H,19,20). The first-order chi connectivity index (χ1) is 10.6. The summed E-state index contributed by atoms with van der Waals surface area (Å²) in [5, 5.41) is 9.32. The molecule has 2 aromatic rings. The first-order valence-electron chi connectivity index (χ1n) is 7.23.